The molecule has 0 atom stereocenters. The maximum absolute atomic E-state index is 5.49. The molecular formula is C41H33NO. The van der Waals surface area contributed by atoms with Crippen LogP contribution < -0.4 is 9.64 Å². The highest BCUT2D eigenvalue weighted by atomic mass is 16.5. The van der Waals surface area contributed by atoms with Crippen LogP contribution in [-0.2, 0) is 0 Å². The Morgan fingerprint density at radius 3 is 1.72 bits per heavy atom. The highest BCUT2D eigenvalue weighted by Crippen LogP contribution is 2.37. The van der Waals surface area contributed by atoms with E-state index in [1.165, 1.54) is 21.9 Å². The molecule has 0 N–H and O–H groups in total. The van der Waals surface area contributed by atoms with Gasteiger partial charge in [-0.15, -0.1) is 0 Å². The molecule has 0 amide bonds. The van der Waals surface area contributed by atoms with Gasteiger partial charge >= 0.3 is 0 Å². The summed E-state index contributed by atoms with van der Waals surface area (Å²) in [5.74, 6) is 0.827. The van der Waals surface area contributed by atoms with Gasteiger partial charge in [0.05, 0.1) is 12.8 Å². The summed E-state index contributed by atoms with van der Waals surface area (Å²) in [5, 5.41) is 2.36. The second-order valence-corrected chi connectivity index (χ2v) is 10.2. The van der Waals surface area contributed by atoms with Crippen LogP contribution in [0.4, 0.5) is 11.4 Å². The molecule has 0 aliphatic rings. The second kappa shape index (κ2) is 13.4. The van der Waals surface area contributed by atoms with E-state index >= 15 is 0 Å². The number of anilines is 2. The van der Waals surface area contributed by atoms with Gasteiger partial charge in [0.15, 0.2) is 0 Å². The zero-order chi connectivity index (χ0) is 29.3. The van der Waals surface area contributed by atoms with Crippen molar-refractivity contribution in [2.45, 2.75) is 0 Å². The summed E-state index contributed by atoms with van der Waals surface area (Å²) in [5.41, 5.74) is 7.94. The van der Waals surface area contributed by atoms with E-state index in [4.69, 9.17) is 4.74 Å². The van der Waals surface area contributed by atoms with Crippen LogP contribution >= 0.6 is 0 Å². The third-order valence-electron chi connectivity index (χ3n) is 7.45. The van der Waals surface area contributed by atoms with E-state index in [2.05, 4.69) is 169 Å². The minimum Gasteiger partial charge on any atom is -0.497 e. The molecular weight excluding hydrogens is 522 g/mol. The largest absolute Gasteiger partial charge is 0.497 e. The molecule has 0 aliphatic heterocycles. The summed E-state index contributed by atoms with van der Waals surface area (Å²) in [6, 6.07) is 52.8. The smallest absolute Gasteiger partial charge is 0.119 e. The van der Waals surface area contributed by atoms with E-state index in [9.17, 15) is 0 Å². The topological polar surface area (TPSA) is 12.5 Å². The highest BCUT2D eigenvalue weighted by Gasteiger charge is 2.15. The number of rotatable bonds is 9. The Labute approximate surface area is 254 Å². The number of hydrogen-bond acceptors (Lipinski definition) is 2. The van der Waals surface area contributed by atoms with E-state index < -0.39 is 0 Å². The van der Waals surface area contributed by atoms with Crippen LogP contribution in [0.15, 0.2) is 170 Å². The van der Waals surface area contributed by atoms with Crippen molar-refractivity contribution in [2.75, 3.05) is 12.0 Å². The second-order valence-electron chi connectivity index (χ2n) is 10.2. The average Bonchev–Trinajstić information content (AvgIpc) is 3.09. The van der Waals surface area contributed by atoms with Crippen LogP contribution in [0.1, 0.15) is 22.3 Å². The minimum absolute atomic E-state index is 0.827. The molecule has 0 bridgehead atoms. The van der Waals surface area contributed by atoms with Crippen molar-refractivity contribution in [3.63, 3.8) is 0 Å². The lowest BCUT2D eigenvalue weighted by molar-refractivity contribution is 0.415. The molecule has 0 spiro atoms. The Bertz CT molecular complexity index is 1830. The van der Waals surface area contributed by atoms with Crippen molar-refractivity contribution in [1.82, 2.24) is 0 Å². The van der Waals surface area contributed by atoms with Gasteiger partial charge in [0.25, 0.3) is 0 Å². The molecule has 6 rings (SSSR count). The van der Waals surface area contributed by atoms with E-state index in [0.717, 1.165) is 33.8 Å². The maximum Gasteiger partial charge on any atom is 0.119 e. The van der Waals surface area contributed by atoms with Crippen molar-refractivity contribution < 1.29 is 4.74 Å². The molecule has 6 aromatic rings. The molecule has 0 heterocycles. The van der Waals surface area contributed by atoms with Crippen LogP contribution in [0.3, 0.4) is 0 Å². The predicted molar refractivity (Wildman–Crippen MR) is 184 cm³/mol. The molecule has 2 nitrogen and oxygen atoms in total. The van der Waals surface area contributed by atoms with Gasteiger partial charge in [-0.3, -0.25) is 0 Å². The normalized spacial score (nSPS) is 11.2. The Hall–Kier alpha value is -5.60. The van der Waals surface area contributed by atoms with Crippen LogP contribution in [0.25, 0.3) is 28.5 Å². The van der Waals surface area contributed by atoms with E-state index in [-0.39, 0.29) is 0 Å². The van der Waals surface area contributed by atoms with Gasteiger partial charge in [0.1, 0.15) is 5.75 Å². The average molecular weight is 556 g/mol. The number of hydrogen-bond donors (Lipinski definition) is 0. The number of benzene rings is 6. The highest BCUT2D eigenvalue weighted by molar-refractivity contribution is 6.02. The molecule has 0 aromatic heterocycles. The molecule has 0 saturated carbocycles. The number of nitrogens with zero attached hydrogens (tertiary/aromatic N) is 1. The van der Waals surface area contributed by atoms with Gasteiger partial charge in [-0.2, -0.15) is 0 Å². The molecule has 43 heavy (non-hydrogen) atoms. The van der Waals surface area contributed by atoms with Crippen LogP contribution in [0.5, 0.6) is 5.75 Å². The molecule has 208 valence electrons. The zero-order valence-electron chi connectivity index (χ0n) is 24.2. The molecule has 2 heteroatoms. The third kappa shape index (κ3) is 6.50. The quantitative estimate of drug-likeness (QED) is 0.165. The fourth-order valence-electron chi connectivity index (χ4n) is 5.26. The Morgan fingerprint density at radius 2 is 1.09 bits per heavy atom. The lowest BCUT2D eigenvalue weighted by Gasteiger charge is -2.25. The maximum atomic E-state index is 5.49. The Morgan fingerprint density at radius 1 is 0.535 bits per heavy atom. The molecule has 6 aromatic carbocycles. The predicted octanol–water partition coefficient (Wildman–Crippen LogP) is 10.8. The van der Waals surface area contributed by atoms with Gasteiger partial charge in [-0.25, -0.2) is 0 Å². The first-order valence-corrected chi connectivity index (χ1v) is 14.5. The molecule has 0 aliphatic carbocycles. The molecule has 0 saturated heterocycles. The van der Waals surface area contributed by atoms with Crippen molar-refractivity contribution in [3.8, 4) is 5.75 Å². The Kier molecular flexibility index (Phi) is 8.57. The van der Waals surface area contributed by atoms with Crippen molar-refractivity contribution in [2.24, 2.45) is 0 Å². The summed E-state index contributed by atoms with van der Waals surface area (Å²) in [6.07, 6.45) is 10.8. The fraction of sp³-hybridized carbons (Fsp3) is 0.0244. The number of methoxy groups -OCH3 is 1. The van der Waals surface area contributed by atoms with E-state index in [1.807, 2.05) is 18.2 Å². The summed E-state index contributed by atoms with van der Waals surface area (Å²) in [6.45, 7) is 0. The van der Waals surface area contributed by atoms with Crippen LogP contribution in [-0.4, -0.2) is 7.11 Å². The van der Waals surface area contributed by atoms with Crippen molar-refractivity contribution in [3.05, 3.63) is 192 Å². The third-order valence-corrected chi connectivity index (χ3v) is 7.45. The zero-order valence-corrected chi connectivity index (χ0v) is 24.2. The number of allylic oxidation sites excluding steroid dienone is 2. The van der Waals surface area contributed by atoms with E-state index in [0.29, 0.717) is 0 Å². The Balaban J connectivity index is 1.49. The lowest BCUT2D eigenvalue weighted by atomic mass is 9.97. The van der Waals surface area contributed by atoms with Crippen molar-refractivity contribution >= 4 is 39.9 Å². The summed E-state index contributed by atoms with van der Waals surface area (Å²) in [7, 11) is 1.70. The monoisotopic (exact) mass is 555 g/mol. The molecule has 0 radical (unpaired) electrons. The summed E-state index contributed by atoms with van der Waals surface area (Å²) < 4.78 is 5.49. The lowest BCUT2D eigenvalue weighted by Crippen LogP contribution is -2.11. The van der Waals surface area contributed by atoms with Gasteiger partial charge in [0.2, 0.25) is 0 Å². The van der Waals surface area contributed by atoms with Crippen LogP contribution in [0.2, 0.25) is 0 Å². The minimum atomic E-state index is 0.827. The fourth-order valence-corrected chi connectivity index (χ4v) is 5.26. The van der Waals surface area contributed by atoms with Crippen LogP contribution in [0, 0.1) is 0 Å². The first-order chi connectivity index (χ1) is 21.3. The number of ether oxygens (including phenoxy) is 1. The summed E-state index contributed by atoms with van der Waals surface area (Å²) >= 11 is 0. The van der Waals surface area contributed by atoms with Crippen molar-refractivity contribution in [1.29, 1.82) is 0 Å². The first kappa shape index (κ1) is 27.6. The van der Waals surface area contributed by atoms with Gasteiger partial charge in [0, 0.05) is 22.8 Å². The van der Waals surface area contributed by atoms with E-state index in [1.54, 1.807) is 7.11 Å². The van der Waals surface area contributed by atoms with Gasteiger partial charge < -0.3 is 9.64 Å². The SMILES string of the molecule is COc1ccc(N(C=C(c2ccccc2)c2ccccc2)c2ccc(C=CC=Cc3ccccc3)c3ccccc23)cc1. The molecule has 0 unspecified atom stereocenters. The first-order valence-electron chi connectivity index (χ1n) is 14.5. The molecule has 0 fully saturated rings. The standard InChI is InChI=1S/C41H33NO/c1-43-37-28-26-36(27-29-37)42(31-40(33-18-7-3-8-19-33)34-20-9-4-10-21-34)41-30-25-35(38-23-13-14-24-39(38)41)22-12-11-17-32-15-5-2-6-16-32/h2-31H,1H3. The number of fused-ring (bicyclic) bond motifs is 1. The summed E-state index contributed by atoms with van der Waals surface area (Å²) in [4.78, 5) is 2.29. The van der Waals surface area contributed by atoms with Gasteiger partial charge in [-0.1, -0.05) is 146 Å². The van der Waals surface area contributed by atoms with Gasteiger partial charge in [-0.05, 0) is 58.0 Å².